The van der Waals surface area contributed by atoms with Gasteiger partial charge in [0, 0.05) is 12.6 Å². The van der Waals surface area contributed by atoms with Crippen LogP contribution in [-0.4, -0.2) is 22.6 Å². The molecule has 4 heteroatoms. The Morgan fingerprint density at radius 3 is 2.93 bits per heavy atom. The van der Waals surface area contributed by atoms with Gasteiger partial charge in [-0.3, -0.25) is 4.98 Å². The summed E-state index contributed by atoms with van der Waals surface area (Å²) >= 11 is 5.85. The van der Waals surface area contributed by atoms with Crippen LogP contribution in [0, 0.1) is 5.92 Å². The molecule has 0 aromatic carbocycles. The van der Waals surface area contributed by atoms with E-state index >= 15 is 0 Å². The Kier molecular flexibility index (Phi) is 3.10. The fourth-order valence-electron chi connectivity index (χ4n) is 2.24. The van der Waals surface area contributed by atoms with Crippen LogP contribution >= 0.6 is 11.6 Å². The van der Waals surface area contributed by atoms with E-state index in [2.05, 4.69) is 28.7 Å². The van der Waals surface area contributed by atoms with Gasteiger partial charge in [-0.15, -0.1) is 0 Å². The highest BCUT2D eigenvalue weighted by atomic mass is 35.5. The van der Waals surface area contributed by atoms with Gasteiger partial charge in [-0.05, 0) is 18.8 Å². The van der Waals surface area contributed by atoms with Crippen LogP contribution in [0.1, 0.15) is 26.7 Å². The van der Waals surface area contributed by atoms with Crippen LogP contribution in [0.5, 0.6) is 0 Å². The van der Waals surface area contributed by atoms with Crippen LogP contribution in [0.25, 0.3) is 0 Å². The first-order valence-electron chi connectivity index (χ1n) is 5.42. The molecule has 0 aliphatic carbocycles. The van der Waals surface area contributed by atoms with Crippen LogP contribution < -0.4 is 4.90 Å². The summed E-state index contributed by atoms with van der Waals surface area (Å²) in [5.41, 5.74) is 0. The summed E-state index contributed by atoms with van der Waals surface area (Å²) in [5, 5.41) is 0.474. The van der Waals surface area contributed by atoms with Crippen LogP contribution in [0.15, 0.2) is 12.4 Å². The minimum absolute atomic E-state index is 0.474. The maximum Gasteiger partial charge on any atom is 0.149 e. The van der Waals surface area contributed by atoms with E-state index < -0.39 is 0 Å². The second-order valence-corrected chi connectivity index (χ2v) is 4.73. The average Bonchev–Trinajstić information content (AvgIpc) is 2.65. The Morgan fingerprint density at radius 1 is 1.47 bits per heavy atom. The van der Waals surface area contributed by atoms with Gasteiger partial charge in [0.25, 0.3) is 0 Å². The molecule has 1 aromatic rings. The monoisotopic (exact) mass is 225 g/mol. The Labute approximate surface area is 95.5 Å². The van der Waals surface area contributed by atoms with Gasteiger partial charge in [0.05, 0.1) is 12.4 Å². The van der Waals surface area contributed by atoms with Crippen molar-refractivity contribution < 1.29 is 0 Å². The van der Waals surface area contributed by atoms with Gasteiger partial charge in [-0.25, -0.2) is 4.98 Å². The first-order chi connectivity index (χ1) is 7.18. The highest BCUT2D eigenvalue weighted by Crippen LogP contribution is 2.28. The van der Waals surface area contributed by atoms with Crippen molar-refractivity contribution in [3.05, 3.63) is 17.5 Å². The van der Waals surface area contributed by atoms with Crippen LogP contribution in [0.2, 0.25) is 5.15 Å². The SMILES string of the molecule is CC(C)C1CCCN1c1cncc(Cl)n1. The minimum atomic E-state index is 0.474. The number of anilines is 1. The normalized spacial score (nSPS) is 21.3. The van der Waals surface area contributed by atoms with Gasteiger partial charge in [-0.2, -0.15) is 0 Å². The summed E-state index contributed by atoms with van der Waals surface area (Å²) < 4.78 is 0. The third-order valence-electron chi connectivity index (χ3n) is 2.96. The lowest BCUT2D eigenvalue weighted by Gasteiger charge is -2.28. The van der Waals surface area contributed by atoms with Crippen molar-refractivity contribution in [3.63, 3.8) is 0 Å². The number of halogens is 1. The lowest BCUT2D eigenvalue weighted by atomic mass is 10.0. The largest absolute Gasteiger partial charge is 0.352 e. The zero-order valence-electron chi connectivity index (χ0n) is 9.15. The first-order valence-corrected chi connectivity index (χ1v) is 5.80. The van der Waals surface area contributed by atoms with Gasteiger partial charge >= 0.3 is 0 Å². The smallest absolute Gasteiger partial charge is 0.149 e. The minimum Gasteiger partial charge on any atom is -0.352 e. The number of hydrogen-bond donors (Lipinski definition) is 0. The van der Waals surface area contributed by atoms with Gasteiger partial charge in [-0.1, -0.05) is 25.4 Å². The molecule has 1 aliphatic rings. The Morgan fingerprint density at radius 2 is 2.27 bits per heavy atom. The molecule has 1 aromatic heterocycles. The maximum atomic E-state index is 5.85. The quantitative estimate of drug-likeness (QED) is 0.775. The second kappa shape index (κ2) is 4.35. The number of rotatable bonds is 2. The van der Waals surface area contributed by atoms with Gasteiger partial charge in [0.15, 0.2) is 0 Å². The van der Waals surface area contributed by atoms with Crippen molar-refractivity contribution in [1.82, 2.24) is 9.97 Å². The predicted molar refractivity (Wildman–Crippen MR) is 62.2 cm³/mol. The van der Waals surface area contributed by atoms with E-state index in [1.807, 2.05) is 0 Å². The van der Waals surface area contributed by atoms with Crippen molar-refractivity contribution in [2.24, 2.45) is 5.92 Å². The van der Waals surface area contributed by atoms with E-state index in [1.165, 1.54) is 12.8 Å². The first kappa shape index (κ1) is 10.7. The predicted octanol–water partition coefficient (Wildman–Crippen LogP) is 2.75. The van der Waals surface area contributed by atoms with Crippen molar-refractivity contribution >= 4 is 17.4 Å². The molecule has 0 bridgehead atoms. The highest BCUT2D eigenvalue weighted by molar-refractivity contribution is 6.29. The fourth-order valence-corrected chi connectivity index (χ4v) is 2.38. The molecule has 0 spiro atoms. The summed E-state index contributed by atoms with van der Waals surface area (Å²) in [6.07, 6.45) is 5.85. The standard InChI is InChI=1S/C11H16ClN3/c1-8(2)9-4-3-5-15(9)11-7-13-6-10(12)14-11/h6-9H,3-5H2,1-2H3. The van der Waals surface area contributed by atoms with Gasteiger partial charge in [0.2, 0.25) is 0 Å². The summed E-state index contributed by atoms with van der Waals surface area (Å²) in [6, 6.07) is 0.581. The molecule has 2 rings (SSSR count). The molecule has 82 valence electrons. The highest BCUT2D eigenvalue weighted by Gasteiger charge is 2.28. The molecule has 1 atom stereocenters. The van der Waals surface area contributed by atoms with E-state index in [0.717, 1.165) is 12.4 Å². The fraction of sp³-hybridized carbons (Fsp3) is 0.636. The van der Waals surface area contributed by atoms with E-state index in [1.54, 1.807) is 12.4 Å². The van der Waals surface area contributed by atoms with Crippen molar-refractivity contribution in [2.75, 3.05) is 11.4 Å². The Balaban J connectivity index is 2.22. The van der Waals surface area contributed by atoms with Crippen LogP contribution in [0.4, 0.5) is 5.82 Å². The van der Waals surface area contributed by atoms with E-state index in [4.69, 9.17) is 11.6 Å². The van der Waals surface area contributed by atoms with Crippen molar-refractivity contribution in [3.8, 4) is 0 Å². The summed E-state index contributed by atoms with van der Waals surface area (Å²) in [6.45, 7) is 5.57. The van der Waals surface area contributed by atoms with Crippen molar-refractivity contribution in [2.45, 2.75) is 32.7 Å². The lowest BCUT2D eigenvalue weighted by Crippen LogP contribution is -2.34. The molecule has 0 saturated carbocycles. The zero-order valence-corrected chi connectivity index (χ0v) is 9.91. The van der Waals surface area contributed by atoms with E-state index in [0.29, 0.717) is 17.1 Å². The van der Waals surface area contributed by atoms with E-state index in [-0.39, 0.29) is 0 Å². The van der Waals surface area contributed by atoms with Crippen molar-refractivity contribution in [1.29, 1.82) is 0 Å². The number of nitrogens with zero attached hydrogens (tertiary/aromatic N) is 3. The molecule has 15 heavy (non-hydrogen) atoms. The molecule has 2 heterocycles. The summed E-state index contributed by atoms with van der Waals surface area (Å²) in [7, 11) is 0. The zero-order chi connectivity index (χ0) is 10.8. The summed E-state index contributed by atoms with van der Waals surface area (Å²) in [5.74, 6) is 1.56. The topological polar surface area (TPSA) is 29.0 Å². The molecule has 0 amide bonds. The number of aromatic nitrogens is 2. The third kappa shape index (κ3) is 2.23. The molecule has 3 nitrogen and oxygen atoms in total. The molecular weight excluding hydrogens is 210 g/mol. The second-order valence-electron chi connectivity index (χ2n) is 4.35. The molecule has 1 saturated heterocycles. The Bertz CT molecular complexity index is 340. The third-order valence-corrected chi connectivity index (χ3v) is 3.14. The Hall–Kier alpha value is -0.830. The number of hydrogen-bond acceptors (Lipinski definition) is 3. The van der Waals surface area contributed by atoms with Crippen LogP contribution in [-0.2, 0) is 0 Å². The van der Waals surface area contributed by atoms with Crippen LogP contribution in [0.3, 0.4) is 0 Å². The maximum absolute atomic E-state index is 5.85. The average molecular weight is 226 g/mol. The van der Waals surface area contributed by atoms with Gasteiger partial charge < -0.3 is 4.90 Å². The van der Waals surface area contributed by atoms with Gasteiger partial charge in [0.1, 0.15) is 11.0 Å². The molecule has 1 fully saturated rings. The molecular formula is C11H16ClN3. The molecule has 0 radical (unpaired) electrons. The van der Waals surface area contributed by atoms with E-state index in [9.17, 15) is 0 Å². The lowest BCUT2D eigenvalue weighted by molar-refractivity contribution is 0.489. The summed E-state index contributed by atoms with van der Waals surface area (Å²) in [4.78, 5) is 10.7. The molecule has 1 aliphatic heterocycles. The molecule has 1 unspecified atom stereocenters. The molecule has 0 N–H and O–H groups in total.